The molecule has 0 aromatic carbocycles. The van der Waals surface area contributed by atoms with E-state index in [1.807, 2.05) is 6.07 Å². The summed E-state index contributed by atoms with van der Waals surface area (Å²) >= 11 is 9.40. The summed E-state index contributed by atoms with van der Waals surface area (Å²) in [6, 6.07) is 1.89. The van der Waals surface area contributed by atoms with Crippen molar-refractivity contribution in [1.29, 1.82) is 0 Å². The Bertz CT molecular complexity index is 358. The van der Waals surface area contributed by atoms with E-state index in [-0.39, 0.29) is 0 Å². The van der Waals surface area contributed by atoms with Gasteiger partial charge in [-0.1, -0.05) is 11.6 Å². The lowest BCUT2D eigenvalue weighted by Gasteiger charge is -2.23. The first-order chi connectivity index (χ1) is 8.04. The molecule has 1 rings (SSSR count). The van der Waals surface area contributed by atoms with E-state index < -0.39 is 0 Å². The van der Waals surface area contributed by atoms with E-state index in [4.69, 9.17) is 11.6 Å². The lowest BCUT2D eigenvalue weighted by atomic mass is 10.3. The van der Waals surface area contributed by atoms with Gasteiger partial charge in [0.1, 0.15) is 5.82 Å². The molecule has 0 bridgehead atoms. The van der Waals surface area contributed by atoms with E-state index in [2.05, 4.69) is 51.7 Å². The minimum absolute atomic E-state index is 0.657. The van der Waals surface area contributed by atoms with E-state index in [1.54, 1.807) is 6.20 Å². The van der Waals surface area contributed by atoms with Crippen molar-refractivity contribution in [1.82, 2.24) is 9.88 Å². The number of halogens is 2. The molecule has 0 aliphatic heterocycles. The minimum atomic E-state index is 0.657. The van der Waals surface area contributed by atoms with Crippen molar-refractivity contribution in [3.8, 4) is 0 Å². The Morgan fingerprint density at radius 2 is 2.06 bits per heavy atom. The van der Waals surface area contributed by atoms with E-state index in [9.17, 15) is 0 Å². The highest BCUT2D eigenvalue weighted by Crippen LogP contribution is 2.26. The number of pyridine rings is 1. The number of aromatic nitrogens is 1. The zero-order chi connectivity index (χ0) is 12.8. The Morgan fingerprint density at radius 3 is 2.59 bits per heavy atom. The quantitative estimate of drug-likeness (QED) is 0.802. The Balaban J connectivity index is 2.66. The SMILES string of the molecule is CCN(CCCN(C)C)c1ncc(Cl)cc1Br. The van der Waals surface area contributed by atoms with Crippen molar-refractivity contribution in [2.45, 2.75) is 13.3 Å². The van der Waals surface area contributed by atoms with Crippen molar-refractivity contribution in [2.24, 2.45) is 0 Å². The molecular weight excluding hydrogens is 302 g/mol. The van der Waals surface area contributed by atoms with Crippen LogP contribution in [0.3, 0.4) is 0 Å². The van der Waals surface area contributed by atoms with Crippen LogP contribution < -0.4 is 4.90 Å². The molecule has 1 heterocycles. The van der Waals surface area contributed by atoms with Crippen molar-refractivity contribution in [3.05, 3.63) is 21.8 Å². The number of hydrogen-bond acceptors (Lipinski definition) is 3. The van der Waals surface area contributed by atoms with E-state index in [0.717, 1.165) is 36.3 Å². The van der Waals surface area contributed by atoms with Gasteiger partial charge < -0.3 is 9.80 Å². The lowest BCUT2D eigenvalue weighted by Crippen LogP contribution is -2.28. The van der Waals surface area contributed by atoms with Crippen LogP contribution in [0.15, 0.2) is 16.7 Å². The molecule has 0 spiro atoms. The molecule has 0 atom stereocenters. The molecule has 0 unspecified atom stereocenters. The fourth-order valence-electron chi connectivity index (χ4n) is 1.63. The highest BCUT2D eigenvalue weighted by atomic mass is 79.9. The Kier molecular flexibility index (Phi) is 6.23. The number of nitrogens with zero attached hydrogens (tertiary/aromatic N) is 3. The second kappa shape index (κ2) is 7.19. The highest BCUT2D eigenvalue weighted by Gasteiger charge is 2.10. The topological polar surface area (TPSA) is 19.4 Å². The molecule has 0 fully saturated rings. The molecule has 0 radical (unpaired) electrons. The summed E-state index contributed by atoms with van der Waals surface area (Å²) in [6.07, 6.45) is 2.81. The third-order valence-electron chi connectivity index (χ3n) is 2.50. The van der Waals surface area contributed by atoms with Crippen LogP contribution in [0.1, 0.15) is 13.3 Å². The lowest BCUT2D eigenvalue weighted by molar-refractivity contribution is 0.400. The summed E-state index contributed by atoms with van der Waals surface area (Å²) < 4.78 is 0.955. The molecule has 3 nitrogen and oxygen atoms in total. The van der Waals surface area contributed by atoms with Crippen molar-refractivity contribution in [2.75, 3.05) is 38.6 Å². The van der Waals surface area contributed by atoms with Gasteiger partial charge in [-0.15, -0.1) is 0 Å². The molecule has 0 N–H and O–H groups in total. The fourth-order valence-corrected chi connectivity index (χ4v) is 2.52. The maximum Gasteiger partial charge on any atom is 0.142 e. The highest BCUT2D eigenvalue weighted by molar-refractivity contribution is 9.10. The van der Waals surface area contributed by atoms with Gasteiger partial charge in [0.25, 0.3) is 0 Å². The summed E-state index contributed by atoms with van der Waals surface area (Å²) in [5.41, 5.74) is 0. The maximum absolute atomic E-state index is 5.89. The molecule has 17 heavy (non-hydrogen) atoms. The van der Waals surface area contributed by atoms with Crippen molar-refractivity contribution >= 4 is 33.3 Å². The molecule has 96 valence electrons. The van der Waals surface area contributed by atoms with Gasteiger partial charge in [0.2, 0.25) is 0 Å². The van der Waals surface area contributed by atoms with Crippen LogP contribution >= 0.6 is 27.5 Å². The predicted octanol–water partition coefficient (Wildman–Crippen LogP) is 3.28. The average Bonchev–Trinajstić information content (AvgIpc) is 2.25. The Labute approximate surface area is 117 Å². The van der Waals surface area contributed by atoms with E-state index in [0.29, 0.717) is 5.02 Å². The summed E-state index contributed by atoms with van der Waals surface area (Å²) in [5, 5.41) is 0.657. The van der Waals surface area contributed by atoms with Gasteiger partial charge in [0.05, 0.1) is 9.50 Å². The zero-order valence-corrected chi connectivity index (χ0v) is 12.9. The van der Waals surface area contributed by atoms with Crippen LogP contribution in [0.4, 0.5) is 5.82 Å². The molecule has 5 heteroatoms. The Morgan fingerprint density at radius 1 is 1.35 bits per heavy atom. The van der Waals surface area contributed by atoms with Gasteiger partial charge in [-0.2, -0.15) is 0 Å². The second-order valence-corrected chi connectivity index (χ2v) is 5.49. The first kappa shape index (κ1) is 14.7. The molecule has 1 aromatic rings. The van der Waals surface area contributed by atoms with Crippen LogP contribution in [0, 0.1) is 0 Å². The first-order valence-corrected chi connectivity index (χ1v) is 6.92. The van der Waals surface area contributed by atoms with Gasteiger partial charge in [-0.25, -0.2) is 4.98 Å². The fraction of sp³-hybridized carbons (Fsp3) is 0.583. The van der Waals surface area contributed by atoms with E-state index >= 15 is 0 Å². The van der Waals surface area contributed by atoms with Gasteiger partial charge in [-0.3, -0.25) is 0 Å². The van der Waals surface area contributed by atoms with Crippen molar-refractivity contribution in [3.63, 3.8) is 0 Å². The van der Waals surface area contributed by atoms with Crippen molar-refractivity contribution < 1.29 is 0 Å². The number of anilines is 1. The third-order valence-corrected chi connectivity index (χ3v) is 3.29. The standard InChI is InChI=1S/C12H19BrClN3/c1-4-17(7-5-6-16(2)3)12-11(13)8-10(14)9-15-12/h8-9H,4-7H2,1-3H3. The Hall–Kier alpha value is -0.320. The van der Waals surface area contributed by atoms with Gasteiger partial charge >= 0.3 is 0 Å². The zero-order valence-electron chi connectivity index (χ0n) is 10.6. The van der Waals surface area contributed by atoms with Crippen LogP contribution in [0.2, 0.25) is 5.02 Å². The molecule has 0 saturated carbocycles. The van der Waals surface area contributed by atoms with Crippen LogP contribution in [0.25, 0.3) is 0 Å². The van der Waals surface area contributed by atoms with Gasteiger partial charge in [0.15, 0.2) is 0 Å². The maximum atomic E-state index is 5.89. The molecule has 0 saturated heterocycles. The van der Waals surface area contributed by atoms with E-state index in [1.165, 1.54) is 0 Å². The molecular formula is C12H19BrClN3. The van der Waals surface area contributed by atoms with Crippen LogP contribution in [-0.4, -0.2) is 43.6 Å². The first-order valence-electron chi connectivity index (χ1n) is 5.75. The molecule has 1 aromatic heterocycles. The summed E-state index contributed by atoms with van der Waals surface area (Å²) in [7, 11) is 4.18. The molecule has 0 aliphatic rings. The van der Waals surface area contributed by atoms with Gasteiger partial charge in [-0.05, 0) is 56.0 Å². The number of rotatable bonds is 6. The van der Waals surface area contributed by atoms with Crippen LogP contribution in [0.5, 0.6) is 0 Å². The van der Waals surface area contributed by atoms with Crippen LogP contribution in [-0.2, 0) is 0 Å². The normalized spacial score (nSPS) is 10.9. The molecule has 0 aliphatic carbocycles. The monoisotopic (exact) mass is 319 g/mol. The largest absolute Gasteiger partial charge is 0.356 e. The second-order valence-electron chi connectivity index (χ2n) is 4.20. The minimum Gasteiger partial charge on any atom is -0.356 e. The average molecular weight is 321 g/mol. The predicted molar refractivity (Wildman–Crippen MR) is 78.0 cm³/mol. The third kappa shape index (κ3) is 4.82. The number of hydrogen-bond donors (Lipinski definition) is 0. The summed E-state index contributed by atoms with van der Waals surface area (Å²) in [5.74, 6) is 0.968. The summed E-state index contributed by atoms with van der Waals surface area (Å²) in [6.45, 7) is 5.17. The molecule has 0 amide bonds. The van der Waals surface area contributed by atoms with Gasteiger partial charge in [0, 0.05) is 19.3 Å². The summed E-state index contributed by atoms with van der Waals surface area (Å²) in [4.78, 5) is 8.83. The smallest absolute Gasteiger partial charge is 0.142 e.